The standard InChI is InChI=1S/C50H34BN3O2/c1-3-18-34(19-4-1)52-40-25-10-9-24-39(40)51-49-43(52)30-36(54-41-26-11-13-28-46(41)55-47-29-14-12-27-42(47)54)31-44(49)53(35-20-5-2-6-21-35)45-32-48(56-50(45)51)38-23-15-17-33-16-7-8-22-37(33)38/h1-31,48H,32H2. The summed E-state index contributed by atoms with van der Waals surface area (Å²) in [4.78, 5) is 7.29. The minimum absolute atomic E-state index is 0.107. The molecule has 56 heavy (non-hydrogen) atoms. The Morgan fingerprint density at radius 2 is 1.02 bits per heavy atom. The second-order valence-electron chi connectivity index (χ2n) is 14.8. The van der Waals surface area contributed by atoms with Gasteiger partial charge in [-0.3, -0.25) is 0 Å². The minimum atomic E-state index is -0.146. The van der Waals surface area contributed by atoms with Crippen molar-refractivity contribution in [3.63, 3.8) is 0 Å². The molecule has 0 fully saturated rings. The third-order valence-corrected chi connectivity index (χ3v) is 11.7. The molecule has 0 aliphatic carbocycles. The molecule has 0 N–H and O–H groups in total. The normalized spacial score (nSPS) is 16.0. The maximum Gasteiger partial charge on any atom is 0.295 e. The van der Waals surface area contributed by atoms with Gasteiger partial charge >= 0.3 is 0 Å². The van der Waals surface area contributed by atoms with Gasteiger partial charge in [0, 0.05) is 40.4 Å². The van der Waals surface area contributed by atoms with Crippen molar-refractivity contribution < 1.29 is 9.47 Å². The summed E-state index contributed by atoms with van der Waals surface area (Å²) in [6.45, 7) is -0.107. The van der Waals surface area contributed by atoms with Crippen molar-refractivity contribution in [1.29, 1.82) is 0 Å². The van der Waals surface area contributed by atoms with Crippen LogP contribution in [0.1, 0.15) is 18.1 Å². The zero-order valence-corrected chi connectivity index (χ0v) is 30.4. The predicted octanol–water partition coefficient (Wildman–Crippen LogP) is 11.9. The summed E-state index contributed by atoms with van der Waals surface area (Å²) in [5.74, 6) is 1.65. The Kier molecular flexibility index (Phi) is 6.78. The van der Waals surface area contributed by atoms with Crippen LogP contribution in [-0.4, -0.2) is 6.71 Å². The number of fused-ring (bicyclic) bond motifs is 6. The number of anilines is 8. The lowest BCUT2D eigenvalue weighted by Crippen LogP contribution is -2.55. The summed E-state index contributed by atoms with van der Waals surface area (Å²) in [7, 11) is 0. The molecule has 0 saturated carbocycles. The van der Waals surface area contributed by atoms with Gasteiger partial charge in [-0.15, -0.1) is 0 Å². The number of ether oxygens (including phenoxy) is 2. The Labute approximate surface area is 326 Å². The average Bonchev–Trinajstić information content (AvgIpc) is 3.70. The topological polar surface area (TPSA) is 28.2 Å². The summed E-state index contributed by atoms with van der Waals surface area (Å²) < 4.78 is 13.9. The van der Waals surface area contributed by atoms with Gasteiger partial charge < -0.3 is 24.2 Å². The number of nitrogens with zero attached hydrogens (tertiary/aromatic N) is 3. The quantitative estimate of drug-likeness (QED) is 0.169. The molecule has 1 atom stereocenters. The van der Waals surface area contributed by atoms with Crippen molar-refractivity contribution >= 4 is 73.9 Å². The van der Waals surface area contributed by atoms with Gasteiger partial charge in [0.2, 0.25) is 0 Å². The second kappa shape index (κ2) is 12.2. The summed E-state index contributed by atoms with van der Waals surface area (Å²) in [5.41, 5.74) is 14.6. The van der Waals surface area contributed by atoms with Crippen LogP contribution in [0.15, 0.2) is 199 Å². The molecule has 5 nitrogen and oxygen atoms in total. The van der Waals surface area contributed by atoms with E-state index in [0.717, 1.165) is 69.1 Å². The van der Waals surface area contributed by atoms with Crippen LogP contribution < -0.4 is 30.4 Å². The Bertz CT molecular complexity index is 2840. The number of hydrogen-bond donors (Lipinski definition) is 0. The summed E-state index contributed by atoms with van der Waals surface area (Å²) in [5, 5.41) is 2.46. The second-order valence-corrected chi connectivity index (χ2v) is 14.8. The fourth-order valence-electron chi connectivity index (χ4n) is 9.43. The molecular formula is C50H34BN3O2. The molecule has 0 saturated heterocycles. The van der Waals surface area contributed by atoms with Crippen molar-refractivity contribution in [2.75, 3.05) is 14.7 Å². The van der Waals surface area contributed by atoms with Gasteiger partial charge in [0.15, 0.2) is 11.5 Å². The molecule has 1 unspecified atom stereocenters. The Morgan fingerprint density at radius 3 is 1.75 bits per heavy atom. The highest BCUT2D eigenvalue weighted by Crippen LogP contribution is 2.55. The van der Waals surface area contributed by atoms with E-state index in [2.05, 4.69) is 191 Å². The van der Waals surface area contributed by atoms with Crippen LogP contribution in [0, 0.1) is 0 Å². The lowest BCUT2D eigenvalue weighted by Gasteiger charge is -2.44. The molecule has 0 amide bonds. The lowest BCUT2D eigenvalue weighted by atomic mass is 9.35. The Balaban J connectivity index is 1.15. The van der Waals surface area contributed by atoms with Crippen LogP contribution in [0.2, 0.25) is 0 Å². The van der Waals surface area contributed by atoms with Gasteiger partial charge in [-0.2, -0.15) is 0 Å². The van der Waals surface area contributed by atoms with Gasteiger partial charge in [-0.25, -0.2) is 0 Å². The fourth-order valence-corrected chi connectivity index (χ4v) is 9.43. The van der Waals surface area contributed by atoms with E-state index in [4.69, 9.17) is 9.47 Å². The third-order valence-electron chi connectivity index (χ3n) is 11.7. The zero-order chi connectivity index (χ0) is 36.7. The van der Waals surface area contributed by atoms with Crippen molar-refractivity contribution in [2.45, 2.75) is 12.5 Å². The number of rotatable bonds is 4. The first-order valence-electron chi connectivity index (χ1n) is 19.3. The number of para-hydroxylation sites is 7. The fraction of sp³-hybridized carbons (Fsp3) is 0.0400. The van der Waals surface area contributed by atoms with E-state index in [1.807, 2.05) is 12.1 Å². The summed E-state index contributed by atoms with van der Waals surface area (Å²) in [6.07, 6.45) is 0.591. The van der Waals surface area contributed by atoms with E-state index in [1.165, 1.54) is 33.0 Å². The predicted molar refractivity (Wildman–Crippen MR) is 229 cm³/mol. The number of hydrogen-bond acceptors (Lipinski definition) is 5. The van der Waals surface area contributed by atoms with Gasteiger partial charge in [-0.05, 0) is 88.4 Å². The smallest absolute Gasteiger partial charge is 0.295 e. The highest BCUT2D eigenvalue weighted by molar-refractivity contribution is 6.94. The molecule has 8 aromatic rings. The van der Waals surface area contributed by atoms with E-state index in [9.17, 15) is 0 Å². The first-order valence-corrected chi connectivity index (χ1v) is 19.3. The SMILES string of the molecule is c1ccc(N2C3=C(OC(c4cccc5ccccc45)C3)B3c4ccccc4N(c4ccccc4)c4cc(N5c6ccccc6Oc6ccccc65)cc2c43)cc1. The zero-order valence-electron chi connectivity index (χ0n) is 30.4. The van der Waals surface area contributed by atoms with Crippen molar-refractivity contribution in [3.8, 4) is 11.5 Å². The molecule has 0 radical (unpaired) electrons. The molecule has 0 spiro atoms. The summed E-state index contributed by atoms with van der Waals surface area (Å²) >= 11 is 0. The van der Waals surface area contributed by atoms with E-state index >= 15 is 0 Å². The van der Waals surface area contributed by atoms with Crippen LogP contribution in [0.25, 0.3) is 10.8 Å². The molecule has 6 heteroatoms. The van der Waals surface area contributed by atoms with Crippen LogP contribution in [0.4, 0.5) is 45.5 Å². The van der Waals surface area contributed by atoms with Gasteiger partial charge in [0.05, 0.1) is 28.4 Å². The largest absolute Gasteiger partial charge is 0.497 e. The maximum absolute atomic E-state index is 7.39. The highest BCUT2D eigenvalue weighted by Gasteiger charge is 2.50. The molecule has 0 bridgehead atoms. The van der Waals surface area contributed by atoms with E-state index in [0.29, 0.717) is 0 Å². The van der Waals surface area contributed by atoms with Crippen LogP contribution in [0.3, 0.4) is 0 Å². The van der Waals surface area contributed by atoms with Crippen LogP contribution in [0.5, 0.6) is 11.5 Å². The molecule has 4 aliphatic rings. The van der Waals surface area contributed by atoms with E-state index in [-0.39, 0.29) is 12.8 Å². The van der Waals surface area contributed by atoms with Crippen LogP contribution >= 0.6 is 0 Å². The number of benzene rings is 8. The van der Waals surface area contributed by atoms with Gasteiger partial charge in [0.25, 0.3) is 6.71 Å². The molecule has 8 aromatic carbocycles. The molecule has 264 valence electrons. The van der Waals surface area contributed by atoms with Crippen molar-refractivity contribution in [3.05, 3.63) is 205 Å². The Morgan fingerprint density at radius 1 is 0.464 bits per heavy atom. The first-order chi connectivity index (χ1) is 27.8. The molecule has 4 aliphatic heterocycles. The van der Waals surface area contributed by atoms with Crippen molar-refractivity contribution in [1.82, 2.24) is 0 Å². The average molecular weight is 720 g/mol. The highest BCUT2D eigenvalue weighted by atomic mass is 16.5. The Hall–Kier alpha value is -7.18. The minimum Gasteiger partial charge on any atom is -0.497 e. The molecule has 12 rings (SSSR count). The van der Waals surface area contributed by atoms with Crippen molar-refractivity contribution in [2.24, 2.45) is 0 Å². The van der Waals surface area contributed by atoms with E-state index in [1.54, 1.807) is 0 Å². The van der Waals surface area contributed by atoms with Gasteiger partial charge in [-0.1, -0.05) is 121 Å². The molecular weight excluding hydrogens is 685 g/mol. The van der Waals surface area contributed by atoms with Gasteiger partial charge in [0.1, 0.15) is 6.10 Å². The summed E-state index contributed by atoms with van der Waals surface area (Å²) in [6, 6.07) is 67.1. The molecule has 4 heterocycles. The lowest BCUT2D eigenvalue weighted by molar-refractivity contribution is 0.163. The third kappa shape index (κ3) is 4.56. The monoisotopic (exact) mass is 719 g/mol. The van der Waals surface area contributed by atoms with Crippen LogP contribution in [-0.2, 0) is 4.74 Å². The maximum atomic E-state index is 7.39. The first kappa shape index (κ1) is 31.2. The van der Waals surface area contributed by atoms with E-state index < -0.39 is 0 Å². The molecule has 0 aromatic heterocycles.